The van der Waals surface area contributed by atoms with Gasteiger partial charge in [-0.25, -0.2) is 0 Å². The normalized spacial score (nSPS) is 9.17. The topological polar surface area (TPSA) is 6.48 Å². The molecule has 0 aliphatic carbocycles. The Kier molecular flexibility index (Phi) is 12.9. The maximum atomic E-state index is 3.84. The molecule has 0 saturated heterocycles. The Morgan fingerprint density at radius 2 is 1.58 bits per heavy atom. The highest BCUT2D eigenvalue weighted by Gasteiger charge is 1.97. The highest BCUT2D eigenvalue weighted by Crippen LogP contribution is 1.91. The predicted octanol–water partition coefficient (Wildman–Crippen LogP) is 2.29. The summed E-state index contributed by atoms with van der Waals surface area (Å²) >= 11 is 0. The second-order valence-electron chi connectivity index (χ2n) is 3.19. The van der Waals surface area contributed by atoms with Crippen LogP contribution in [0.2, 0.25) is 0 Å². The zero-order chi connectivity index (χ0) is 8.15. The fourth-order valence-corrected chi connectivity index (χ4v) is 0.994. The SMILES string of the molecule is C.C.C=C(C)CN(C)CN(C)C. The number of likely N-dealkylation sites (N-methyl/N-ethyl adjacent to an activating group) is 1. The third kappa shape index (κ3) is 12.3. The lowest BCUT2D eigenvalue weighted by Gasteiger charge is -2.20. The molecule has 0 rings (SSSR count). The van der Waals surface area contributed by atoms with Crippen LogP contribution in [0.25, 0.3) is 0 Å². The van der Waals surface area contributed by atoms with Crippen molar-refractivity contribution in [1.82, 2.24) is 9.80 Å². The van der Waals surface area contributed by atoms with Crippen molar-refractivity contribution in [1.29, 1.82) is 0 Å². The number of hydrogen-bond acceptors (Lipinski definition) is 2. The summed E-state index contributed by atoms with van der Waals surface area (Å²) in [5.74, 6) is 0. The Balaban J connectivity index is -0.000000405. The van der Waals surface area contributed by atoms with Gasteiger partial charge in [0.15, 0.2) is 0 Å². The summed E-state index contributed by atoms with van der Waals surface area (Å²) in [5.41, 5.74) is 1.21. The van der Waals surface area contributed by atoms with Gasteiger partial charge in [0, 0.05) is 6.54 Å². The fourth-order valence-electron chi connectivity index (χ4n) is 0.994. The van der Waals surface area contributed by atoms with Gasteiger partial charge < -0.3 is 0 Å². The number of rotatable bonds is 4. The van der Waals surface area contributed by atoms with Crippen LogP contribution in [0.3, 0.4) is 0 Å². The molecule has 0 atom stereocenters. The van der Waals surface area contributed by atoms with Gasteiger partial charge in [0.1, 0.15) is 0 Å². The average molecular weight is 174 g/mol. The first-order chi connectivity index (χ1) is 4.52. The molecule has 0 aliphatic heterocycles. The van der Waals surface area contributed by atoms with E-state index in [9.17, 15) is 0 Å². The molecule has 0 saturated carbocycles. The minimum atomic E-state index is 0. The van der Waals surface area contributed by atoms with Crippen LogP contribution in [-0.2, 0) is 0 Å². The van der Waals surface area contributed by atoms with Crippen molar-refractivity contribution in [2.75, 3.05) is 34.4 Å². The van der Waals surface area contributed by atoms with Crippen LogP contribution >= 0.6 is 0 Å². The van der Waals surface area contributed by atoms with Gasteiger partial charge in [-0.2, -0.15) is 0 Å². The summed E-state index contributed by atoms with van der Waals surface area (Å²) in [4.78, 5) is 4.37. The van der Waals surface area contributed by atoms with E-state index in [2.05, 4.69) is 37.5 Å². The number of hydrogen-bond donors (Lipinski definition) is 0. The van der Waals surface area contributed by atoms with Crippen molar-refractivity contribution in [3.63, 3.8) is 0 Å². The molecule has 0 aromatic heterocycles. The summed E-state index contributed by atoms with van der Waals surface area (Å²) in [6, 6.07) is 0. The molecule has 2 nitrogen and oxygen atoms in total. The van der Waals surface area contributed by atoms with Gasteiger partial charge in [-0.15, -0.1) is 0 Å². The van der Waals surface area contributed by atoms with Crippen LogP contribution in [0.5, 0.6) is 0 Å². The summed E-state index contributed by atoms with van der Waals surface area (Å²) < 4.78 is 0. The van der Waals surface area contributed by atoms with E-state index in [1.807, 2.05) is 6.92 Å². The molecule has 2 heteroatoms. The summed E-state index contributed by atoms with van der Waals surface area (Å²) in [7, 11) is 6.22. The highest BCUT2D eigenvalue weighted by atomic mass is 15.3. The van der Waals surface area contributed by atoms with E-state index in [0.29, 0.717) is 0 Å². The Morgan fingerprint density at radius 3 is 1.83 bits per heavy atom. The van der Waals surface area contributed by atoms with Gasteiger partial charge in [-0.05, 0) is 28.1 Å². The minimum Gasteiger partial charge on any atom is -0.297 e. The van der Waals surface area contributed by atoms with E-state index in [0.717, 1.165) is 13.2 Å². The van der Waals surface area contributed by atoms with Crippen LogP contribution in [-0.4, -0.2) is 44.2 Å². The van der Waals surface area contributed by atoms with Gasteiger partial charge in [-0.3, -0.25) is 9.80 Å². The van der Waals surface area contributed by atoms with E-state index >= 15 is 0 Å². The molecule has 0 fully saturated rings. The van der Waals surface area contributed by atoms with Gasteiger partial charge >= 0.3 is 0 Å². The lowest BCUT2D eigenvalue weighted by molar-refractivity contribution is 0.224. The molecule has 0 radical (unpaired) electrons. The van der Waals surface area contributed by atoms with Crippen molar-refractivity contribution in [3.05, 3.63) is 12.2 Å². The standard InChI is InChI=1S/C8H18N2.2CH4/c1-8(2)6-10(5)7-9(3)4;;/h1,6-7H2,2-5H3;2*1H4. The first kappa shape index (κ1) is 17.7. The van der Waals surface area contributed by atoms with Crippen LogP contribution < -0.4 is 0 Å². The fraction of sp³-hybridized carbons (Fsp3) is 0.800. The molecule has 0 bridgehead atoms. The van der Waals surface area contributed by atoms with Crippen molar-refractivity contribution in [2.24, 2.45) is 0 Å². The Bertz CT molecular complexity index is 108. The van der Waals surface area contributed by atoms with E-state index in [1.165, 1.54) is 5.57 Å². The van der Waals surface area contributed by atoms with Gasteiger partial charge in [-0.1, -0.05) is 27.0 Å². The zero-order valence-corrected chi connectivity index (χ0v) is 7.52. The van der Waals surface area contributed by atoms with E-state index in [1.54, 1.807) is 0 Å². The first-order valence-electron chi connectivity index (χ1n) is 3.50. The average Bonchev–Trinajstić information content (AvgIpc) is 1.58. The molecule has 0 aromatic carbocycles. The largest absolute Gasteiger partial charge is 0.297 e. The highest BCUT2D eigenvalue weighted by molar-refractivity contribution is 4.90. The van der Waals surface area contributed by atoms with Gasteiger partial charge in [0.25, 0.3) is 0 Å². The Labute approximate surface area is 78.9 Å². The molecule has 12 heavy (non-hydrogen) atoms. The van der Waals surface area contributed by atoms with E-state index in [-0.39, 0.29) is 14.9 Å². The van der Waals surface area contributed by atoms with Crippen LogP contribution in [0.15, 0.2) is 12.2 Å². The summed E-state index contributed by atoms with van der Waals surface area (Å²) in [6.07, 6.45) is 0. The monoisotopic (exact) mass is 174 g/mol. The molecule has 0 N–H and O–H groups in total. The summed E-state index contributed by atoms with van der Waals surface area (Å²) in [5, 5.41) is 0. The first-order valence-corrected chi connectivity index (χ1v) is 3.50. The second-order valence-corrected chi connectivity index (χ2v) is 3.19. The van der Waals surface area contributed by atoms with Crippen LogP contribution in [0, 0.1) is 0 Å². The van der Waals surface area contributed by atoms with Crippen LogP contribution in [0.1, 0.15) is 21.8 Å². The zero-order valence-electron chi connectivity index (χ0n) is 7.52. The third-order valence-electron chi connectivity index (χ3n) is 1.06. The lowest BCUT2D eigenvalue weighted by Crippen LogP contribution is -2.31. The lowest BCUT2D eigenvalue weighted by atomic mass is 10.3. The smallest absolute Gasteiger partial charge is 0.0501 e. The molecule has 0 unspecified atom stereocenters. The van der Waals surface area contributed by atoms with Crippen molar-refractivity contribution >= 4 is 0 Å². The van der Waals surface area contributed by atoms with E-state index < -0.39 is 0 Å². The van der Waals surface area contributed by atoms with Gasteiger partial charge in [0.05, 0.1) is 6.67 Å². The van der Waals surface area contributed by atoms with Crippen molar-refractivity contribution in [3.8, 4) is 0 Å². The Morgan fingerprint density at radius 1 is 1.17 bits per heavy atom. The predicted molar refractivity (Wildman–Crippen MR) is 59.5 cm³/mol. The minimum absolute atomic E-state index is 0. The molecule has 0 aromatic rings. The van der Waals surface area contributed by atoms with Crippen molar-refractivity contribution < 1.29 is 0 Å². The molecule has 0 amide bonds. The number of nitrogens with zero attached hydrogens (tertiary/aromatic N) is 2. The van der Waals surface area contributed by atoms with Gasteiger partial charge in [0.2, 0.25) is 0 Å². The quantitative estimate of drug-likeness (QED) is 0.476. The molecular formula is C10H26N2. The molecule has 0 heterocycles. The van der Waals surface area contributed by atoms with Crippen LogP contribution in [0.4, 0.5) is 0 Å². The summed E-state index contributed by atoms with van der Waals surface area (Å²) in [6.45, 7) is 7.87. The second kappa shape index (κ2) is 8.75. The molecule has 0 aliphatic rings. The molecule has 76 valence electrons. The maximum absolute atomic E-state index is 3.84. The molecular weight excluding hydrogens is 148 g/mol. The third-order valence-corrected chi connectivity index (χ3v) is 1.06. The maximum Gasteiger partial charge on any atom is 0.0501 e. The van der Waals surface area contributed by atoms with Crippen molar-refractivity contribution in [2.45, 2.75) is 21.8 Å². The molecule has 0 spiro atoms. The Hall–Kier alpha value is -0.340. The van der Waals surface area contributed by atoms with E-state index in [4.69, 9.17) is 0 Å².